The zero-order valence-electron chi connectivity index (χ0n) is 7.22. The Morgan fingerprint density at radius 2 is 2.09 bits per heavy atom. The molecule has 0 aromatic carbocycles. The van der Waals surface area contributed by atoms with Crippen molar-refractivity contribution in [2.75, 3.05) is 0 Å². The maximum absolute atomic E-state index is 11.0. The summed E-state index contributed by atoms with van der Waals surface area (Å²) in [6.07, 6.45) is 3.41. The third-order valence-corrected chi connectivity index (χ3v) is 2.05. The van der Waals surface area contributed by atoms with Crippen LogP contribution in [0.1, 0.15) is 32.6 Å². The van der Waals surface area contributed by atoms with Crippen LogP contribution in [0.3, 0.4) is 0 Å². The normalized spacial score (nSPS) is 24.1. The smallest absolute Gasteiger partial charge is 0.299 e. The molecule has 1 rings (SSSR count). The average molecular weight is 163 g/mol. The number of Topliss-reactive ketones (excluding diaryl/α,β-unsaturated/α-hetero) is 2. The van der Waals surface area contributed by atoms with E-state index in [1.807, 2.05) is 0 Å². The van der Waals surface area contributed by atoms with E-state index >= 15 is 0 Å². The molecular formula is C8H12NaO2+. The number of carbonyl (C=O) groups excluding carboxylic acids is 2. The van der Waals surface area contributed by atoms with Gasteiger partial charge < -0.3 is 0 Å². The molecule has 3 heteroatoms. The van der Waals surface area contributed by atoms with Gasteiger partial charge in [0.25, 0.3) is 0 Å². The van der Waals surface area contributed by atoms with Gasteiger partial charge >= 0.3 is 29.6 Å². The predicted molar refractivity (Wildman–Crippen MR) is 37.6 cm³/mol. The number of ketones is 2. The van der Waals surface area contributed by atoms with E-state index in [4.69, 9.17) is 0 Å². The van der Waals surface area contributed by atoms with Crippen LogP contribution in [0.25, 0.3) is 0 Å². The van der Waals surface area contributed by atoms with E-state index in [9.17, 15) is 9.59 Å². The Bertz CT molecular complexity index is 165. The molecule has 56 valence electrons. The van der Waals surface area contributed by atoms with Gasteiger partial charge in [-0.2, -0.15) is 0 Å². The molecule has 1 unspecified atom stereocenters. The van der Waals surface area contributed by atoms with Gasteiger partial charge in [-0.1, -0.05) is 6.42 Å². The summed E-state index contributed by atoms with van der Waals surface area (Å²) in [5.41, 5.74) is 0. The van der Waals surface area contributed by atoms with E-state index in [1.54, 1.807) is 0 Å². The van der Waals surface area contributed by atoms with E-state index in [0.717, 1.165) is 19.3 Å². The maximum Gasteiger partial charge on any atom is 1.00 e. The summed E-state index contributed by atoms with van der Waals surface area (Å²) in [4.78, 5) is 21.8. The minimum absolute atomic E-state index is 0. The van der Waals surface area contributed by atoms with Gasteiger partial charge in [-0.3, -0.25) is 9.59 Å². The molecule has 0 spiro atoms. The first-order valence-corrected chi connectivity index (χ1v) is 3.75. The quantitative estimate of drug-likeness (QED) is 0.342. The second kappa shape index (κ2) is 5.07. The molecule has 1 aliphatic carbocycles. The van der Waals surface area contributed by atoms with Crippen LogP contribution in [0.15, 0.2) is 0 Å². The van der Waals surface area contributed by atoms with Gasteiger partial charge in [0.05, 0.1) is 5.92 Å². The molecule has 0 saturated heterocycles. The largest absolute Gasteiger partial charge is 1.00 e. The van der Waals surface area contributed by atoms with Gasteiger partial charge in [-0.25, -0.2) is 0 Å². The van der Waals surface area contributed by atoms with Crippen molar-refractivity contribution in [1.29, 1.82) is 0 Å². The Kier molecular flexibility index (Phi) is 5.23. The molecule has 2 nitrogen and oxygen atoms in total. The predicted octanol–water partition coefficient (Wildman–Crippen LogP) is -1.66. The second-order valence-corrected chi connectivity index (χ2v) is 2.88. The van der Waals surface area contributed by atoms with Crippen molar-refractivity contribution in [2.24, 2.45) is 5.92 Å². The maximum atomic E-state index is 11.0. The topological polar surface area (TPSA) is 34.1 Å². The molecular weight excluding hydrogens is 151 g/mol. The minimum Gasteiger partial charge on any atom is -0.299 e. The molecule has 0 amide bonds. The van der Waals surface area contributed by atoms with Crippen molar-refractivity contribution < 1.29 is 39.1 Å². The van der Waals surface area contributed by atoms with Gasteiger partial charge in [-0.15, -0.1) is 0 Å². The monoisotopic (exact) mass is 163 g/mol. The van der Waals surface area contributed by atoms with E-state index in [0.29, 0.717) is 6.42 Å². The van der Waals surface area contributed by atoms with Crippen LogP contribution in [0.5, 0.6) is 0 Å². The molecule has 0 heterocycles. The van der Waals surface area contributed by atoms with Crippen molar-refractivity contribution in [3.8, 4) is 0 Å². The minimum atomic E-state index is -0.256. The number of hydrogen-bond donors (Lipinski definition) is 0. The molecule has 0 aromatic heterocycles. The van der Waals surface area contributed by atoms with E-state index in [1.165, 1.54) is 6.92 Å². The summed E-state index contributed by atoms with van der Waals surface area (Å²) >= 11 is 0. The summed E-state index contributed by atoms with van der Waals surface area (Å²) in [6, 6.07) is 0. The fraction of sp³-hybridized carbons (Fsp3) is 0.750. The Labute approximate surface area is 89.0 Å². The number of carbonyl (C=O) groups is 2. The molecule has 1 aliphatic rings. The fourth-order valence-electron chi connectivity index (χ4n) is 1.41. The first-order valence-electron chi connectivity index (χ1n) is 3.75. The molecule has 1 saturated carbocycles. The fourth-order valence-corrected chi connectivity index (χ4v) is 1.41. The summed E-state index contributed by atoms with van der Waals surface area (Å²) < 4.78 is 0. The van der Waals surface area contributed by atoms with E-state index in [2.05, 4.69) is 0 Å². The Balaban J connectivity index is 0.000001000. The molecule has 0 bridgehead atoms. The van der Waals surface area contributed by atoms with Gasteiger partial charge in [-0.05, 0) is 19.8 Å². The van der Waals surface area contributed by atoms with Crippen LogP contribution >= 0.6 is 0 Å². The van der Waals surface area contributed by atoms with Gasteiger partial charge in [0, 0.05) is 6.42 Å². The molecule has 1 atom stereocenters. The standard InChI is InChI=1S/C8H12O2.Na/c1-6(9)7-4-2-3-5-8(7)10;/h7H,2-5H2,1H3;/q;+1. The SMILES string of the molecule is CC(=O)C1CCCCC1=O.[Na+]. The number of rotatable bonds is 1. The van der Waals surface area contributed by atoms with Crippen LogP contribution in [-0.2, 0) is 9.59 Å². The summed E-state index contributed by atoms with van der Waals surface area (Å²) in [7, 11) is 0. The third-order valence-electron chi connectivity index (χ3n) is 2.05. The first kappa shape index (κ1) is 11.3. The summed E-state index contributed by atoms with van der Waals surface area (Å²) in [6.45, 7) is 1.51. The van der Waals surface area contributed by atoms with E-state index < -0.39 is 0 Å². The third kappa shape index (κ3) is 3.06. The summed E-state index contributed by atoms with van der Waals surface area (Å²) in [5, 5.41) is 0. The molecule has 11 heavy (non-hydrogen) atoms. The Morgan fingerprint density at radius 1 is 1.45 bits per heavy atom. The van der Waals surface area contributed by atoms with Crippen molar-refractivity contribution >= 4 is 11.6 Å². The van der Waals surface area contributed by atoms with Gasteiger partial charge in [0.2, 0.25) is 0 Å². The average Bonchev–Trinajstić information content (AvgIpc) is 1.88. The zero-order valence-corrected chi connectivity index (χ0v) is 9.22. The van der Waals surface area contributed by atoms with Crippen LogP contribution in [-0.4, -0.2) is 11.6 Å². The van der Waals surface area contributed by atoms with Crippen LogP contribution in [0, 0.1) is 5.92 Å². The van der Waals surface area contributed by atoms with Crippen molar-refractivity contribution in [2.45, 2.75) is 32.6 Å². The first-order chi connectivity index (χ1) is 4.72. The van der Waals surface area contributed by atoms with Gasteiger partial charge in [0.1, 0.15) is 11.6 Å². The van der Waals surface area contributed by atoms with Crippen molar-refractivity contribution in [3.63, 3.8) is 0 Å². The van der Waals surface area contributed by atoms with Gasteiger partial charge in [0.15, 0.2) is 0 Å². The molecule has 0 N–H and O–H groups in total. The van der Waals surface area contributed by atoms with E-state index in [-0.39, 0.29) is 47.0 Å². The van der Waals surface area contributed by atoms with Crippen molar-refractivity contribution in [3.05, 3.63) is 0 Å². The Morgan fingerprint density at radius 3 is 2.45 bits per heavy atom. The summed E-state index contributed by atoms with van der Waals surface area (Å²) in [5.74, 6) is -0.0581. The van der Waals surface area contributed by atoms with Crippen molar-refractivity contribution in [1.82, 2.24) is 0 Å². The molecule has 0 radical (unpaired) electrons. The van der Waals surface area contributed by atoms with Crippen LogP contribution in [0.4, 0.5) is 0 Å². The molecule has 1 fully saturated rings. The molecule has 0 aliphatic heterocycles. The molecule has 0 aromatic rings. The number of hydrogen-bond acceptors (Lipinski definition) is 2. The van der Waals surface area contributed by atoms with Crippen LogP contribution < -0.4 is 29.6 Å². The zero-order chi connectivity index (χ0) is 7.56. The Hall–Kier alpha value is 0.340. The second-order valence-electron chi connectivity index (χ2n) is 2.88. The van der Waals surface area contributed by atoms with Crippen LogP contribution in [0.2, 0.25) is 0 Å².